The summed E-state index contributed by atoms with van der Waals surface area (Å²) in [5, 5.41) is -0.340. The van der Waals surface area contributed by atoms with Crippen LogP contribution in [0.1, 0.15) is 24.5 Å². The summed E-state index contributed by atoms with van der Waals surface area (Å²) < 4.78 is 43.6. The molecule has 7 heteroatoms. The summed E-state index contributed by atoms with van der Waals surface area (Å²) in [7, 11) is 1.52. The topological polar surface area (TPSA) is 29.5 Å². The molecule has 0 aromatic heterocycles. The molecule has 1 aliphatic heterocycles. The summed E-state index contributed by atoms with van der Waals surface area (Å²) >= 11 is 5.60. The molecule has 1 heterocycles. The number of rotatable bonds is 4. The first-order chi connectivity index (χ1) is 10.2. The van der Waals surface area contributed by atoms with Gasteiger partial charge in [-0.2, -0.15) is 13.2 Å². The van der Waals surface area contributed by atoms with E-state index in [1.807, 2.05) is 6.92 Å². The number of ether oxygens (including phenoxy) is 1. The van der Waals surface area contributed by atoms with Crippen molar-refractivity contribution in [2.75, 3.05) is 20.3 Å². The fraction of sp³-hybridized carbons (Fsp3) is 0.533. The first-order valence-corrected chi connectivity index (χ1v) is 7.19. The van der Waals surface area contributed by atoms with Crippen LogP contribution in [0.4, 0.5) is 13.2 Å². The lowest BCUT2D eigenvalue weighted by atomic mass is 9.90. The number of nitrogens with zero attached hydrogens (tertiary/aromatic N) is 1. The van der Waals surface area contributed by atoms with Crippen molar-refractivity contribution >= 4 is 17.5 Å². The number of halogens is 4. The fourth-order valence-corrected chi connectivity index (χ4v) is 2.91. The average molecular weight is 336 g/mol. The summed E-state index contributed by atoms with van der Waals surface area (Å²) in [6.45, 7) is 2.75. The van der Waals surface area contributed by atoms with Crippen LogP contribution in [0.5, 0.6) is 0 Å². The first kappa shape index (κ1) is 17.1. The smallest absolute Gasteiger partial charge is 0.384 e. The molecule has 122 valence electrons. The minimum Gasteiger partial charge on any atom is -0.384 e. The Bertz CT molecular complexity index is 576. The number of methoxy groups -OCH3 is 1. The zero-order valence-corrected chi connectivity index (χ0v) is 13.1. The molecule has 1 saturated heterocycles. The maximum absolute atomic E-state index is 12.9. The van der Waals surface area contributed by atoms with Gasteiger partial charge in [0.2, 0.25) is 5.91 Å². The number of carbonyl (C=O) groups is 1. The normalized spacial score (nSPS) is 22.5. The molecule has 22 heavy (non-hydrogen) atoms. The molecule has 1 aliphatic rings. The quantitative estimate of drug-likeness (QED) is 0.838. The Morgan fingerprint density at radius 3 is 2.68 bits per heavy atom. The minimum atomic E-state index is -4.51. The van der Waals surface area contributed by atoms with Gasteiger partial charge in [-0.15, -0.1) is 0 Å². The lowest BCUT2D eigenvalue weighted by molar-refractivity contribution is -0.138. The predicted octanol–water partition coefficient (Wildman–Crippen LogP) is 3.74. The highest BCUT2D eigenvalue weighted by molar-refractivity contribution is 6.31. The largest absolute Gasteiger partial charge is 0.417 e. The van der Waals surface area contributed by atoms with Crippen LogP contribution in [0, 0.1) is 5.41 Å². The molecular formula is C15H17ClF3NO2. The highest BCUT2D eigenvalue weighted by atomic mass is 35.5. The highest BCUT2D eigenvalue weighted by Gasteiger charge is 2.42. The molecule has 0 bridgehead atoms. The zero-order chi connectivity index (χ0) is 16.5. The Kier molecular flexibility index (Phi) is 4.73. The van der Waals surface area contributed by atoms with Gasteiger partial charge in [0.1, 0.15) is 0 Å². The molecule has 0 aliphatic carbocycles. The van der Waals surface area contributed by atoms with Crippen LogP contribution in [-0.2, 0) is 22.3 Å². The minimum absolute atomic E-state index is 0.0992. The second-order valence-electron chi connectivity index (χ2n) is 5.78. The molecule has 1 amide bonds. The molecular weight excluding hydrogens is 319 g/mol. The Hall–Kier alpha value is -1.27. The third-order valence-corrected chi connectivity index (χ3v) is 4.24. The van der Waals surface area contributed by atoms with Crippen LogP contribution < -0.4 is 0 Å². The van der Waals surface area contributed by atoms with E-state index in [9.17, 15) is 18.0 Å². The monoisotopic (exact) mass is 335 g/mol. The van der Waals surface area contributed by atoms with Crippen molar-refractivity contribution in [2.45, 2.75) is 26.1 Å². The van der Waals surface area contributed by atoms with E-state index in [0.717, 1.165) is 6.07 Å². The third kappa shape index (κ3) is 3.38. The maximum Gasteiger partial charge on any atom is 0.417 e. The number of hydrogen-bond acceptors (Lipinski definition) is 2. The van der Waals surface area contributed by atoms with Crippen LogP contribution in [0.3, 0.4) is 0 Å². The van der Waals surface area contributed by atoms with Crippen LogP contribution in [0.25, 0.3) is 0 Å². The molecule has 2 rings (SSSR count). The Labute approximate surface area is 132 Å². The second kappa shape index (κ2) is 6.08. The van der Waals surface area contributed by atoms with E-state index in [2.05, 4.69) is 0 Å². The van der Waals surface area contributed by atoms with Gasteiger partial charge in [0.05, 0.1) is 22.6 Å². The van der Waals surface area contributed by atoms with Gasteiger partial charge in [0.15, 0.2) is 0 Å². The Balaban J connectivity index is 2.17. The number of alkyl halides is 3. The number of hydrogen-bond donors (Lipinski definition) is 0. The number of carbonyl (C=O) groups excluding carboxylic acids is 1. The summed E-state index contributed by atoms with van der Waals surface area (Å²) in [6.07, 6.45) is -3.88. The first-order valence-electron chi connectivity index (χ1n) is 6.81. The Morgan fingerprint density at radius 2 is 2.09 bits per heavy atom. The number of amides is 1. The maximum atomic E-state index is 12.9. The molecule has 1 fully saturated rings. The number of likely N-dealkylation sites (tertiary alicyclic amines) is 1. The van der Waals surface area contributed by atoms with Gasteiger partial charge in [0.25, 0.3) is 0 Å². The van der Waals surface area contributed by atoms with E-state index in [1.165, 1.54) is 19.2 Å². The highest BCUT2D eigenvalue weighted by Crippen LogP contribution is 2.36. The summed E-state index contributed by atoms with van der Waals surface area (Å²) in [6, 6.07) is 3.73. The van der Waals surface area contributed by atoms with E-state index in [0.29, 0.717) is 25.1 Å². The van der Waals surface area contributed by atoms with Crippen LogP contribution in [0.2, 0.25) is 5.02 Å². The molecule has 1 aromatic rings. The van der Waals surface area contributed by atoms with Crippen LogP contribution in [0.15, 0.2) is 18.2 Å². The Morgan fingerprint density at radius 1 is 1.41 bits per heavy atom. The van der Waals surface area contributed by atoms with Crippen molar-refractivity contribution in [1.82, 2.24) is 4.90 Å². The predicted molar refractivity (Wildman–Crippen MR) is 76.5 cm³/mol. The molecule has 0 spiro atoms. The second-order valence-corrected chi connectivity index (χ2v) is 6.19. The fourth-order valence-electron chi connectivity index (χ4n) is 2.68. The summed E-state index contributed by atoms with van der Waals surface area (Å²) in [5.41, 5.74) is -1.07. The number of benzene rings is 1. The lowest BCUT2D eigenvalue weighted by Crippen LogP contribution is -2.35. The van der Waals surface area contributed by atoms with Crippen molar-refractivity contribution in [3.05, 3.63) is 34.3 Å². The van der Waals surface area contributed by atoms with E-state index in [-0.39, 0.29) is 17.5 Å². The van der Waals surface area contributed by atoms with E-state index in [1.54, 1.807) is 4.90 Å². The summed E-state index contributed by atoms with van der Waals surface area (Å²) in [5.74, 6) is -0.0992. The molecule has 1 atom stereocenters. The molecule has 0 unspecified atom stereocenters. The molecule has 0 radical (unpaired) electrons. The van der Waals surface area contributed by atoms with E-state index >= 15 is 0 Å². The summed E-state index contributed by atoms with van der Waals surface area (Å²) in [4.78, 5) is 13.9. The van der Waals surface area contributed by atoms with Gasteiger partial charge in [0, 0.05) is 20.2 Å². The van der Waals surface area contributed by atoms with E-state index < -0.39 is 17.2 Å². The SMILES string of the molecule is COC[C@@]1(C)CCN(Cc2ccc(Cl)c(C(F)(F)F)c2)C1=O. The van der Waals surface area contributed by atoms with Crippen molar-refractivity contribution in [2.24, 2.45) is 5.41 Å². The van der Waals surface area contributed by atoms with Gasteiger partial charge in [-0.3, -0.25) is 4.79 Å². The van der Waals surface area contributed by atoms with Crippen molar-refractivity contribution < 1.29 is 22.7 Å². The standard InChI is InChI=1S/C15H17ClF3NO2/c1-14(9-22-2)5-6-20(13(14)21)8-10-3-4-12(16)11(7-10)15(17,18)19/h3-4,7H,5-6,8-9H2,1-2H3/t14-/m1/s1. The van der Waals surface area contributed by atoms with Gasteiger partial charge < -0.3 is 9.64 Å². The molecule has 0 saturated carbocycles. The molecule has 0 N–H and O–H groups in total. The molecule has 1 aromatic carbocycles. The van der Waals surface area contributed by atoms with Crippen molar-refractivity contribution in [3.63, 3.8) is 0 Å². The van der Waals surface area contributed by atoms with Crippen LogP contribution >= 0.6 is 11.6 Å². The van der Waals surface area contributed by atoms with Crippen LogP contribution in [-0.4, -0.2) is 31.1 Å². The molecule has 3 nitrogen and oxygen atoms in total. The third-order valence-electron chi connectivity index (χ3n) is 3.91. The van der Waals surface area contributed by atoms with Gasteiger partial charge in [-0.05, 0) is 31.0 Å². The van der Waals surface area contributed by atoms with Crippen molar-refractivity contribution in [1.29, 1.82) is 0 Å². The van der Waals surface area contributed by atoms with Gasteiger partial charge in [-0.1, -0.05) is 17.7 Å². The average Bonchev–Trinajstić information content (AvgIpc) is 2.68. The van der Waals surface area contributed by atoms with Gasteiger partial charge >= 0.3 is 6.18 Å². The van der Waals surface area contributed by atoms with Gasteiger partial charge in [-0.25, -0.2) is 0 Å². The van der Waals surface area contributed by atoms with Crippen molar-refractivity contribution in [3.8, 4) is 0 Å². The zero-order valence-electron chi connectivity index (χ0n) is 12.3. The van der Waals surface area contributed by atoms with E-state index in [4.69, 9.17) is 16.3 Å². The lowest BCUT2D eigenvalue weighted by Gasteiger charge is -2.23.